The average molecular weight is 1370 g/mol. The van der Waals surface area contributed by atoms with E-state index in [-0.39, 0.29) is 25.7 Å². The molecule has 0 saturated heterocycles. The van der Waals surface area contributed by atoms with Gasteiger partial charge in [-0.1, -0.05) is 330 Å². The summed E-state index contributed by atoms with van der Waals surface area (Å²) in [5.74, 6) is -0.604. The molecule has 93 heavy (non-hydrogen) atoms. The second-order valence-electron chi connectivity index (χ2n) is 27.4. The van der Waals surface area contributed by atoms with Crippen LogP contribution in [0.25, 0.3) is 0 Å². The molecule has 0 aromatic heterocycles. The van der Waals surface area contributed by atoms with Crippen LogP contribution >= 0.6 is 15.6 Å². The second-order valence-corrected chi connectivity index (χ2v) is 30.3. The standard InChI is InChI=1S/C74H144O17P2/c1-7-10-12-14-16-18-19-20-21-22-23-24-29-32-35-39-46-52-58-73(78)90-69(62-85-72(77)57-51-45-38-34-31-28-26-25-27-30-33-36-42-48-54-66(4)5)64-88-92(80,81)86-60-68(75)61-87-93(82,83)89-65-70(63-84-71(76)56-50-44-37-17-15-13-11-8-2)91-74(79)59-53-47-41-40-43-49-55-67(6)9-3/h66-70,75H,7-65H2,1-6H3,(H,80,81)(H,82,83)/t67?,68-,69-,70-/m1/s1. The molecule has 0 radical (unpaired) electrons. The molecule has 0 aliphatic heterocycles. The Balaban J connectivity index is 5.20. The van der Waals surface area contributed by atoms with Crippen LogP contribution in [0, 0.1) is 11.8 Å². The Bertz CT molecular complexity index is 1810. The molecule has 0 bridgehead atoms. The number of ether oxygens (including phenoxy) is 4. The smallest absolute Gasteiger partial charge is 0.462 e. The number of phosphoric acid groups is 2. The van der Waals surface area contributed by atoms with Gasteiger partial charge in [-0.05, 0) is 37.5 Å². The SMILES string of the molecule is CCCCCCCCCCCCCCCCCCCCC(=O)O[C@H](COC(=O)CCCCCCCCCCCCCCCCC(C)C)COP(=O)(O)OC[C@@H](O)COP(=O)(O)OC[C@@H](COC(=O)CCCCCCCCCC)OC(=O)CCCCCCCCC(C)CC. The number of unbranched alkanes of at least 4 members (excludes halogenated alkanes) is 42. The van der Waals surface area contributed by atoms with Gasteiger partial charge in [0, 0.05) is 25.7 Å². The predicted octanol–water partition coefficient (Wildman–Crippen LogP) is 21.6. The highest BCUT2D eigenvalue weighted by molar-refractivity contribution is 7.47. The number of carbonyl (C=O) groups is 4. The lowest BCUT2D eigenvalue weighted by Crippen LogP contribution is -2.30. The van der Waals surface area contributed by atoms with E-state index in [9.17, 15) is 43.2 Å². The molecular weight excluding hydrogens is 1220 g/mol. The van der Waals surface area contributed by atoms with Crippen molar-refractivity contribution in [3.8, 4) is 0 Å². The number of phosphoric ester groups is 2. The highest BCUT2D eigenvalue weighted by atomic mass is 31.2. The molecule has 552 valence electrons. The summed E-state index contributed by atoms with van der Waals surface area (Å²) >= 11 is 0. The van der Waals surface area contributed by atoms with Gasteiger partial charge in [0.1, 0.15) is 19.3 Å². The van der Waals surface area contributed by atoms with Crippen LogP contribution in [0.2, 0.25) is 0 Å². The fourth-order valence-electron chi connectivity index (χ4n) is 11.3. The molecule has 0 spiro atoms. The Labute approximate surface area is 568 Å². The number of aliphatic hydroxyl groups is 1. The zero-order valence-corrected chi connectivity index (χ0v) is 62.3. The van der Waals surface area contributed by atoms with Crippen molar-refractivity contribution in [1.82, 2.24) is 0 Å². The van der Waals surface area contributed by atoms with Crippen LogP contribution in [0.1, 0.15) is 382 Å². The molecule has 0 fully saturated rings. The molecule has 0 saturated carbocycles. The topological polar surface area (TPSA) is 237 Å². The van der Waals surface area contributed by atoms with Gasteiger partial charge in [-0.25, -0.2) is 9.13 Å². The van der Waals surface area contributed by atoms with E-state index in [1.807, 2.05) is 0 Å². The summed E-state index contributed by atoms with van der Waals surface area (Å²) in [6.45, 7) is 9.53. The maximum absolute atomic E-state index is 13.1. The van der Waals surface area contributed by atoms with E-state index in [1.54, 1.807) is 0 Å². The predicted molar refractivity (Wildman–Crippen MR) is 377 cm³/mol. The molecule has 19 heteroatoms. The van der Waals surface area contributed by atoms with Gasteiger partial charge in [0.2, 0.25) is 0 Å². The van der Waals surface area contributed by atoms with Gasteiger partial charge in [0.05, 0.1) is 26.4 Å². The maximum Gasteiger partial charge on any atom is 0.472 e. The van der Waals surface area contributed by atoms with Crippen LogP contribution in [0.5, 0.6) is 0 Å². The summed E-state index contributed by atoms with van der Waals surface area (Å²) in [5.41, 5.74) is 0. The summed E-state index contributed by atoms with van der Waals surface area (Å²) in [5, 5.41) is 10.6. The molecule has 17 nitrogen and oxygen atoms in total. The molecule has 0 aromatic rings. The fourth-order valence-corrected chi connectivity index (χ4v) is 12.8. The number of hydrogen-bond acceptors (Lipinski definition) is 15. The summed E-state index contributed by atoms with van der Waals surface area (Å²) in [7, 11) is -9.90. The first-order valence-electron chi connectivity index (χ1n) is 38.5. The van der Waals surface area contributed by atoms with E-state index in [2.05, 4.69) is 41.5 Å². The lowest BCUT2D eigenvalue weighted by atomic mass is 10.00. The molecule has 0 aromatic carbocycles. The summed E-state index contributed by atoms with van der Waals surface area (Å²) in [6.07, 6.45) is 52.9. The third-order valence-corrected chi connectivity index (χ3v) is 19.5. The van der Waals surface area contributed by atoms with E-state index in [0.717, 1.165) is 108 Å². The first-order chi connectivity index (χ1) is 44.9. The number of carbonyl (C=O) groups excluding carboxylic acids is 4. The molecule has 6 atom stereocenters. The van der Waals surface area contributed by atoms with Crippen LogP contribution in [0.15, 0.2) is 0 Å². The van der Waals surface area contributed by atoms with E-state index >= 15 is 0 Å². The van der Waals surface area contributed by atoms with Crippen LogP contribution in [0.4, 0.5) is 0 Å². The van der Waals surface area contributed by atoms with Crippen molar-refractivity contribution in [2.24, 2.45) is 11.8 Å². The van der Waals surface area contributed by atoms with Gasteiger partial charge in [0.15, 0.2) is 12.2 Å². The molecule has 0 heterocycles. The van der Waals surface area contributed by atoms with Crippen molar-refractivity contribution in [3.05, 3.63) is 0 Å². The normalized spacial score (nSPS) is 14.3. The van der Waals surface area contributed by atoms with Crippen LogP contribution in [-0.2, 0) is 65.4 Å². The van der Waals surface area contributed by atoms with Gasteiger partial charge in [-0.3, -0.25) is 37.3 Å². The third-order valence-electron chi connectivity index (χ3n) is 17.6. The minimum Gasteiger partial charge on any atom is -0.462 e. The zero-order valence-electron chi connectivity index (χ0n) is 60.6. The quantitative estimate of drug-likeness (QED) is 0.0222. The molecule has 0 aliphatic carbocycles. The number of aliphatic hydroxyl groups excluding tert-OH is 1. The van der Waals surface area contributed by atoms with Crippen molar-refractivity contribution >= 4 is 39.5 Å². The Hall–Kier alpha value is -1.94. The van der Waals surface area contributed by atoms with E-state index in [1.165, 1.54) is 193 Å². The Kier molecular flexibility index (Phi) is 64.6. The average Bonchev–Trinajstić information content (AvgIpc) is 2.09. The van der Waals surface area contributed by atoms with Crippen molar-refractivity contribution in [3.63, 3.8) is 0 Å². The van der Waals surface area contributed by atoms with Crippen molar-refractivity contribution in [1.29, 1.82) is 0 Å². The second kappa shape index (κ2) is 66.0. The number of esters is 4. The van der Waals surface area contributed by atoms with Crippen molar-refractivity contribution < 1.29 is 80.2 Å². The third kappa shape index (κ3) is 67.0. The van der Waals surface area contributed by atoms with E-state index in [0.29, 0.717) is 25.7 Å². The van der Waals surface area contributed by atoms with Gasteiger partial charge in [-0.2, -0.15) is 0 Å². The molecule has 0 aliphatic rings. The van der Waals surface area contributed by atoms with Crippen LogP contribution in [-0.4, -0.2) is 96.7 Å². The highest BCUT2D eigenvalue weighted by Gasteiger charge is 2.30. The monoisotopic (exact) mass is 1370 g/mol. The molecule has 0 amide bonds. The van der Waals surface area contributed by atoms with Gasteiger partial charge < -0.3 is 33.8 Å². The largest absolute Gasteiger partial charge is 0.472 e. The molecule has 0 rings (SSSR count). The lowest BCUT2D eigenvalue weighted by molar-refractivity contribution is -0.161. The minimum atomic E-state index is -4.96. The summed E-state index contributed by atoms with van der Waals surface area (Å²) < 4.78 is 68.3. The molecular formula is C74H144O17P2. The van der Waals surface area contributed by atoms with Crippen LogP contribution < -0.4 is 0 Å². The molecule has 3 N–H and O–H groups in total. The van der Waals surface area contributed by atoms with E-state index < -0.39 is 97.5 Å². The highest BCUT2D eigenvalue weighted by Crippen LogP contribution is 2.45. The van der Waals surface area contributed by atoms with Gasteiger partial charge in [-0.15, -0.1) is 0 Å². The van der Waals surface area contributed by atoms with Crippen molar-refractivity contribution in [2.45, 2.75) is 400 Å². The van der Waals surface area contributed by atoms with Gasteiger partial charge >= 0.3 is 39.5 Å². The Morgan fingerprint density at radius 1 is 0.312 bits per heavy atom. The van der Waals surface area contributed by atoms with Gasteiger partial charge in [0.25, 0.3) is 0 Å². The van der Waals surface area contributed by atoms with Crippen LogP contribution in [0.3, 0.4) is 0 Å². The Morgan fingerprint density at radius 2 is 0.548 bits per heavy atom. The van der Waals surface area contributed by atoms with E-state index in [4.69, 9.17) is 37.0 Å². The first kappa shape index (κ1) is 91.1. The summed E-state index contributed by atoms with van der Waals surface area (Å²) in [4.78, 5) is 72.6. The fraction of sp³-hybridized carbons (Fsp3) is 0.946. The maximum atomic E-state index is 13.1. The summed E-state index contributed by atoms with van der Waals surface area (Å²) in [6, 6.07) is 0. The number of hydrogen-bond donors (Lipinski definition) is 3. The Morgan fingerprint density at radius 3 is 0.817 bits per heavy atom. The minimum absolute atomic E-state index is 0.103. The number of rotatable bonds is 73. The van der Waals surface area contributed by atoms with Crippen molar-refractivity contribution in [2.75, 3.05) is 39.6 Å². The lowest BCUT2D eigenvalue weighted by Gasteiger charge is -2.21. The first-order valence-corrected chi connectivity index (χ1v) is 41.5. The zero-order chi connectivity index (χ0) is 68.6. The molecule has 3 unspecified atom stereocenters.